The van der Waals surface area contributed by atoms with Gasteiger partial charge in [0.1, 0.15) is 5.75 Å². The van der Waals surface area contributed by atoms with Crippen molar-refractivity contribution < 1.29 is 9.84 Å². The van der Waals surface area contributed by atoms with Gasteiger partial charge in [-0.2, -0.15) is 0 Å². The summed E-state index contributed by atoms with van der Waals surface area (Å²) in [7, 11) is 1.68. The van der Waals surface area contributed by atoms with Gasteiger partial charge in [0.25, 0.3) is 0 Å². The van der Waals surface area contributed by atoms with Gasteiger partial charge in [0.15, 0.2) is 0 Å². The van der Waals surface area contributed by atoms with E-state index < -0.39 is 5.60 Å². The zero-order valence-corrected chi connectivity index (χ0v) is 12.3. The summed E-state index contributed by atoms with van der Waals surface area (Å²) in [6.07, 6.45) is 8.07. The Morgan fingerprint density at radius 2 is 1.85 bits per heavy atom. The van der Waals surface area contributed by atoms with E-state index in [0.29, 0.717) is 5.92 Å². The number of ether oxygens (including phenoxy) is 1. The largest absolute Gasteiger partial charge is 0.497 e. The molecule has 0 aromatic heterocycles. The highest BCUT2D eigenvalue weighted by molar-refractivity contribution is 5.47. The van der Waals surface area contributed by atoms with Gasteiger partial charge in [-0.1, -0.05) is 19.3 Å². The van der Waals surface area contributed by atoms with Gasteiger partial charge in [0.05, 0.1) is 18.8 Å². The zero-order chi connectivity index (χ0) is 14.0. The van der Waals surface area contributed by atoms with Gasteiger partial charge in [-0.3, -0.25) is 0 Å². The van der Waals surface area contributed by atoms with Crippen LogP contribution in [0.4, 0.5) is 5.69 Å². The summed E-state index contributed by atoms with van der Waals surface area (Å²) >= 11 is 0. The Balaban J connectivity index is 1.74. The average Bonchev–Trinajstić information content (AvgIpc) is 2.49. The number of methoxy groups -OCH3 is 1. The number of nitrogens with one attached hydrogen (secondary N) is 1. The highest BCUT2D eigenvalue weighted by atomic mass is 16.5. The topological polar surface area (TPSA) is 41.5 Å². The van der Waals surface area contributed by atoms with Gasteiger partial charge in [-0.25, -0.2) is 0 Å². The lowest BCUT2D eigenvalue weighted by atomic mass is 9.65. The average molecular weight is 275 g/mol. The normalized spacial score (nSPS) is 33.3. The Labute approximate surface area is 121 Å². The van der Waals surface area contributed by atoms with Gasteiger partial charge in [-0.05, 0) is 55.9 Å². The summed E-state index contributed by atoms with van der Waals surface area (Å²) < 4.78 is 5.19. The Morgan fingerprint density at radius 3 is 2.60 bits per heavy atom. The molecule has 1 aromatic rings. The molecule has 2 aliphatic carbocycles. The monoisotopic (exact) mass is 275 g/mol. The van der Waals surface area contributed by atoms with Crippen LogP contribution < -0.4 is 10.1 Å². The summed E-state index contributed by atoms with van der Waals surface area (Å²) in [5.74, 6) is 1.36. The van der Waals surface area contributed by atoms with Crippen LogP contribution in [0.2, 0.25) is 0 Å². The molecule has 2 saturated carbocycles. The van der Waals surface area contributed by atoms with Gasteiger partial charge in [-0.15, -0.1) is 0 Å². The summed E-state index contributed by atoms with van der Waals surface area (Å²) in [5, 5.41) is 14.7. The third-order valence-corrected chi connectivity index (χ3v) is 5.17. The van der Waals surface area contributed by atoms with Crippen molar-refractivity contribution in [2.75, 3.05) is 12.4 Å². The Morgan fingerprint density at radius 1 is 1.10 bits per heavy atom. The number of aliphatic hydroxyl groups is 1. The maximum absolute atomic E-state index is 11.1. The second kappa shape index (κ2) is 5.65. The fraction of sp³-hybridized carbons (Fsp3) is 0.647. The van der Waals surface area contributed by atoms with Crippen LogP contribution in [-0.4, -0.2) is 23.9 Å². The molecule has 1 unspecified atom stereocenters. The zero-order valence-electron chi connectivity index (χ0n) is 12.3. The van der Waals surface area contributed by atoms with Crippen molar-refractivity contribution in [2.45, 2.75) is 56.6 Å². The van der Waals surface area contributed by atoms with Crippen molar-refractivity contribution in [3.05, 3.63) is 24.3 Å². The van der Waals surface area contributed by atoms with Gasteiger partial charge in [0.2, 0.25) is 0 Å². The molecule has 2 N–H and O–H groups in total. The first kappa shape index (κ1) is 13.7. The minimum absolute atomic E-state index is 0.190. The maximum atomic E-state index is 11.1. The second-order valence-corrected chi connectivity index (χ2v) is 6.29. The molecular weight excluding hydrogens is 250 g/mol. The van der Waals surface area contributed by atoms with Crippen molar-refractivity contribution in [3.8, 4) is 5.75 Å². The van der Waals surface area contributed by atoms with E-state index in [9.17, 15) is 5.11 Å². The first-order chi connectivity index (χ1) is 9.72. The third-order valence-electron chi connectivity index (χ3n) is 5.17. The van der Waals surface area contributed by atoms with Crippen LogP contribution in [0.25, 0.3) is 0 Å². The highest BCUT2D eigenvalue weighted by Gasteiger charge is 2.47. The molecular formula is C17H25NO2. The van der Waals surface area contributed by atoms with Crippen LogP contribution in [0, 0.1) is 5.92 Å². The van der Waals surface area contributed by atoms with Gasteiger partial charge in [0, 0.05) is 5.69 Å². The van der Waals surface area contributed by atoms with Crippen molar-refractivity contribution in [1.82, 2.24) is 0 Å². The molecule has 20 heavy (non-hydrogen) atoms. The molecule has 3 nitrogen and oxygen atoms in total. The van der Waals surface area contributed by atoms with E-state index in [2.05, 4.69) is 5.32 Å². The van der Waals surface area contributed by atoms with E-state index in [1.807, 2.05) is 24.3 Å². The molecule has 0 spiro atoms. The van der Waals surface area contributed by atoms with Crippen molar-refractivity contribution in [2.24, 2.45) is 5.92 Å². The minimum Gasteiger partial charge on any atom is -0.497 e. The van der Waals surface area contributed by atoms with Crippen LogP contribution in [0.15, 0.2) is 24.3 Å². The Kier molecular flexibility index (Phi) is 3.88. The molecule has 3 atom stereocenters. The Hall–Kier alpha value is -1.22. The summed E-state index contributed by atoms with van der Waals surface area (Å²) in [6, 6.07) is 8.19. The SMILES string of the molecule is COc1ccc(NC2CCC[C@H]3CCCC[C@@]23O)cc1. The van der Waals surface area contributed by atoms with E-state index in [-0.39, 0.29) is 6.04 Å². The molecule has 0 amide bonds. The number of rotatable bonds is 3. The smallest absolute Gasteiger partial charge is 0.119 e. The maximum Gasteiger partial charge on any atom is 0.119 e. The highest BCUT2D eigenvalue weighted by Crippen LogP contribution is 2.44. The summed E-state index contributed by atoms with van der Waals surface area (Å²) in [4.78, 5) is 0. The van der Waals surface area contributed by atoms with Gasteiger partial charge < -0.3 is 15.2 Å². The van der Waals surface area contributed by atoms with Crippen LogP contribution in [0.1, 0.15) is 44.9 Å². The molecule has 0 bridgehead atoms. The lowest BCUT2D eigenvalue weighted by molar-refractivity contribution is -0.0835. The molecule has 2 aliphatic rings. The van der Waals surface area contributed by atoms with Crippen LogP contribution in [0.5, 0.6) is 5.75 Å². The summed E-state index contributed by atoms with van der Waals surface area (Å²) in [5.41, 5.74) is 0.576. The van der Waals surface area contributed by atoms with E-state index in [0.717, 1.165) is 30.7 Å². The number of hydrogen-bond donors (Lipinski definition) is 2. The molecule has 0 aliphatic heterocycles. The van der Waals surface area contributed by atoms with Crippen LogP contribution in [-0.2, 0) is 0 Å². The predicted octanol–water partition coefficient (Wildman–Crippen LogP) is 3.58. The van der Waals surface area contributed by atoms with Crippen LogP contribution >= 0.6 is 0 Å². The lowest BCUT2D eigenvalue weighted by Crippen LogP contribution is -2.56. The predicted molar refractivity (Wildman–Crippen MR) is 81.2 cm³/mol. The lowest BCUT2D eigenvalue weighted by Gasteiger charge is -2.49. The Bertz CT molecular complexity index is 443. The quantitative estimate of drug-likeness (QED) is 0.886. The van der Waals surface area contributed by atoms with E-state index >= 15 is 0 Å². The molecule has 110 valence electrons. The van der Waals surface area contributed by atoms with E-state index in [1.54, 1.807) is 7.11 Å². The fourth-order valence-electron chi connectivity index (χ4n) is 4.01. The van der Waals surface area contributed by atoms with Gasteiger partial charge >= 0.3 is 0 Å². The molecule has 0 saturated heterocycles. The first-order valence-corrected chi connectivity index (χ1v) is 7.85. The second-order valence-electron chi connectivity index (χ2n) is 6.29. The molecule has 3 heteroatoms. The van der Waals surface area contributed by atoms with E-state index in [1.165, 1.54) is 25.7 Å². The molecule has 2 fully saturated rings. The first-order valence-electron chi connectivity index (χ1n) is 7.85. The van der Waals surface area contributed by atoms with E-state index in [4.69, 9.17) is 4.74 Å². The summed E-state index contributed by atoms with van der Waals surface area (Å²) in [6.45, 7) is 0. The minimum atomic E-state index is -0.504. The molecule has 1 aromatic carbocycles. The molecule has 0 heterocycles. The third kappa shape index (κ3) is 2.51. The van der Waals surface area contributed by atoms with Crippen molar-refractivity contribution in [1.29, 1.82) is 0 Å². The van der Waals surface area contributed by atoms with Crippen molar-refractivity contribution in [3.63, 3.8) is 0 Å². The standard InChI is InChI=1S/C17H25NO2/c1-20-15-10-8-14(9-11-15)18-16-7-4-6-13-5-2-3-12-17(13,16)19/h8-11,13,16,18-19H,2-7,12H2,1H3/t13-,16?,17+/m1/s1. The fourth-order valence-corrected chi connectivity index (χ4v) is 4.01. The molecule has 3 rings (SSSR count). The number of anilines is 1. The van der Waals surface area contributed by atoms with Crippen molar-refractivity contribution >= 4 is 5.69 Å². The number of fused-ring (bicyclic) bond motifs is 1. The number of hydrogen-bond acceptors (Lipinski definition) is 3. The number of benzene rings is 1. The van der Waals surface area contributed by atoms with Crippen LogP contribution in [0.3, 0.4) is 0 Å². The molecule has 0 radical (unpaired) electrons.